The van der Waals surface area contributed by atoms with E-state index in [1.54, 1.807) is 17.0 Å². The van der Waals surface area contributed by atoms with Crippen LogP contribution in [0.2, 0.25) is 0 Å². The fourth-order valence-electron chi connectivity index (χ4n) is 3.10. The van der Waals surface area contributed by atoms with Crippen molar-refractivity contribution in [1.82, 2.24) is 10.2 Å². The van der Waals surface area contributed by atoms with Gasteiger partial charge in [-0.25, -0.2) is 4.39 Å². The summed E-state index contributed by atoms with van der Waals surface area (Å²) in [5.74, 6) is -0.254. The maximum atomic E-state index is 13.9. The molecule has 2 unspecified atom stereocenters. The zero-order valence-electron chi connectivity index (χ0n) is 11.1. The van der Waals surface area contributed by atoms with Crippen LogP contribution in [-0.2, 0) is 11.3 Å². The molecular weight excluding hydrogens is 257 g/mol. The minimum atomic E-state index is -0.417. The second-order valence-corrected chi connectivity index (χ2v) is 5.45. The average molecular weight is 273 g/mol. The number of nitrogens with one attached hydrogen (secondary N) is 1. The monoisotopic (exact) mass is 273 g/mol. The molecule has 0 aliphatic carbocycles. The summed E-state index contributed by atoms with van der Waals surface area (Å²) in [6.07, 6.45) is 1.94. The molecule has 104 valence electrons. The fourth-order valence-corrected chi connectivity index (χ4v) is 3.10. The number of fused-ring (bicyclic) bond motifs is 1. The van der Waals surface area contributed by atoms with Crippen LogP contribution >= 0.6 is 0 Å². The standard InChI is InChI=1S/C15H16FN3O/c16-13-6-10(7-17)3-4-11(13)8-19-9-14-12(15(19)20)2-1-5-18-14/h3-4,6,12,14,18H,1-2,5,8-9H2. The summed E-state index contributed by atoms with van der Waals surface area (Å²) in [7, 11) is 0. The smallest absolute Gasteiger partial charge is 0.227 e. The number of rotatable bonds is 2. The van der Waals surface area contributed by atoms with Gasteiger partial charge in [-0.05, 0) is 31.5 Å². The van der Waals surface area contributed by atoms with Crippen molar-refractivity contribution in [2.24, 2.45) is 5.92 Å². The van der Waals surface area contributed by atoms with Gasteiger partial charge in [0.25, 0.3) is 0 Å². The third-order valence-corrected chi connectivity index (χ3v) is 4.17. The zero-order chi connectivity index (χ0) is 14.1. The molecule has 4 nitrogen and oxygen atoms in total. The van der Waals surface area contributed by atoms with E-state index in [9.17, 15) is 9.18 Å². The Morgan fingerprint density at radius 3 is 3.05 bits per heavy atom. The Bertz CT molecular complexity index is 581. The van der Waals surface area contributed by atoms with E-state index in [1.807, 2.05) is 6.07 Å². The SMILES string of the molecule is N#Cc1ccc(CN2CC3NCCCC3C2=O)c(F)c1. The number of hydrogen-bond donors (Lipinski definition) is 1. The summed E-state index contributed by atoms with van der Waals surface area (Å²) in [5.41, 5.74) is 0.769. The molecule has 2 saturated heterocycles. The van der Waals surface area contributed by atoms with Crippen molar-refractivity contribution in [1.29, 1.82) is 5.26 Å². The van der Waals surface area contributed by atoms with Crippen LogP contribution in [0.25, 0.3) is 0 Å². The molecule has 0 radical (unpaired) electrons. The molecule has 0 saturated carbocycles. The molecule has 2 heterocycles. The Kier molecular flexibility index (Phi) is 3.41. The minimum Gasteiger partial charge on any atom is -0.336 e. The first kappa shape index (κ1) is 13.1. The molecule has 2 aliphatic rings. The number of nitrogens with zero attached hydrogens (tertiary/aromatic N) is 2. The van der Waals surface area contributed by atoms with Crippen molar-refractivity contribution in [2.75, 3.05) is 13.1 Å². The second kappa shape index (κ2) is 5.22. The highest BCUT2D eigenvalue weighted by Crippen LogP contribution is 2.28. The van der Waals surface area contributed by atoms with Gasteiger partial charge in [-0.15, -0.1) is 0 Å². The van der Waals surface area contributed by atoms with Crippen LogP contribution in [0.3, 0.4) is 0 Å². The Hall–Kier alpha value is -1.93. The first-order valence-corrected chi connectivity index (χ1v) is 6.90. The molecule has 2 atom stereocenters. The highest BCUT2D eigenvalue weighted by atomic mass is 19.1. The van der Waals surface area contributed by atoms with Crippen LogP contribution in [0.5, 0.6) is 0 Å². The number of benzene rings is 1. The van der Waals surface area contributed by atoms with Crippen molar-refractivity contribution in [3.63, 3.8) is 0 Å². The number of likely N-dealkylation sites (tertiary alicyclic amines) is 1. The van der Waals surface area contributed by atoms with E-state index in [0.717, 1.165) is 19.4 Å². The van der Waals surface area contributed by atoms with Gasteiger partial charge in [-0.3, -0.25) is 4.79 Å². The predicted molar refractivity (Wildman–Crippen MR) is 71.0 cm³/mol. The fraction of sp³-hybridized carbons (Fsp3) is 0.467. The Labute approximate surface area is 117 Å². The van der Waals surface area contributed by atoms with Crippen molar-refractivity contribution in [3.05, 3.63) is 35.1 Å². The van der Waals surface area contributed by atoms with Crippen LogP contribution in [0.15, 0.2) is 18.2 Å². The van der Waals surface area contributed by atoms with Crippen molar-refractivity contribution in [2.45, 2.75) is 25.4 Å². The van der Waals surface area contributed by atoms with E-state index in [1.165, 1.54) is 6.07 Å². The predicted octanol–water partition coefficient (Wildman–Crippen LogP) is 1.41. The lowest BCUT2D eigenvalue weighted by molar-refractivity contribution is -0.131. The molecular formula is C15H16FN3O. The zero-order valence-corrected chi connectivity index (χ0v) is 11.1. The van der Waals surface area contributed by atoms with E-state index in [-0.39, 0.29) is 24.4 Å². The lowest BCUT2D eigenvalue weighted by Crippen LogP contribution is -2.41. The average Bonchev–Trinajstić information content (AvgIpc) is 2.78. The number of carbonyl (C=O) groups is 1. The lowest BCUT2D eigenvalue weighted by atomic mass is 9.94. The third-order valence-electron chi connectivity index (χ3n) is 4.17. The van der Waals surface area contributed by atoms with Crippen LogP contribution < -0.4 is 5.32 Å². The molecule has 0 bridgehead atoms. The number of hydrogen-bond acceptors (Lipinski definition) is 3. The highest BCUT2D eigenvalue weighted by molar-refractivity contribution is 5.82. The van der Waals surface area contributed by atoms with Crippen molar-refractivity contribution < 1.29 is 9.18 Å². The normalized spacial score (nSPS) is 25.4. The molecule has 5 heteroatoms. The van der Waals surface area contributed by atoms with Gasteiger partial charge >= 0.3 is 0 Å². The van der Waals surface area contributed by atoms with Gasteiger partial charge in [0, 0.05) is 24.7 Å². The number of halogens is 1. The number of amides is 1. The number of piperidine rings is 1. The molecule has 0 spiro atoms. The molecule has 1 aromatic rings. The van der Waals surface area contributed by atoms with Gasteiger partial charge in [-0.2, -0.15) is 5.26 Å². The van der Waals surface area contributed by atoms with Gasteiger partial charge < -0.3 is 10.2 Å². The quantitative estimate of drug-likeness (QED) is 0.886. The third kappa shape index (κ3) is 2.27. The van der Waals surface area contributed by atoms with Crippen molar-refractivity contribution in [3.8, 4) is 6.07 Å². The minimum absolute atomic E-state index is 0.0465. The summed E-state index contributed by atoms with van der Waals surface area (Å²) in [6.45, 7) is 1.88. The Balaban J connectivity index is 1.75. The van der Waals surface area contributed by atoms with E-state index >= 15 is 0 Å². The molecule has 20 heavy (non-hydrogen) atoms. The topological polar surface area (TPSA) is 56.1 Å². The Morgan fingerprint density at radius 2 is 2.35 bits per heavy atom. The lowest BCUT2D eigenvalue weighted by Gasteiger charge is -2.23. The molecule has 2 aliphatic heterocycles. The number of carbonyl (C=O) groups excluding carboxylic acids is 1. The largest absolute Gasteiger partial charge is 0.336 e. The van der Waals surface area contributed by atoms with Crippen LogP contribution in [0, 0.1) is 23.1 Å². The van der Waals surface area contributed by atoms with Gasteiger partial charge in [0.05, 0.1) is 17.6 Å². The molecule has 1 amide bonds. The second-order valence-electron chi connectivity index (χ2n) is 5.45. The van der Waals surface area contributed by atoms with Gasteiger partial charge in [0.1, 0.15) is 5.82 Å². The highest BCUT2D eigenvalue weighted by Gasteiger charge is 2.41. The molecule has 1 aromatic carbocycles. The van der Waals surface area contributed by atoms with Gasteiger partial charge in [0.2, 0.25) is 5.91 Å². The summed E-state index contributed by atoms with van der Waals surface area (Å²) in [6, 6.07) is 6.52. The van der Waals surface area contributed by atoms with E-state index < -0.39 is 5.82 Å². The summed E-state index contributed by atoms with van der Waals surface area (Å²) >= 11 is 0. The molecule has 2 fully saturated rings. The van der Waals surface area contributed by atoms with Crippen molar-refractivity contribution >= 4 is 5.91 Å². The first-order chi connectivity index (χ1) is 9.69. The van der Waals surface area contributed by atoms with Gasteiger partial charge in [-0.1, -0.05) is 6.07 Å². The molecule has 1 N–H and O–H groups in total. The van der Waals surface area contributed by atoms with E-state index in [0.29, 0.717) is 17.7 Å². The van der Waals surface area contributed by atoms with Gasteiger partial charge in [0.15, 0.2) is 0 Å². The van der Waals surface area contributed by atoms with E-state index in [2.05, 4.69) is 5.32 Å². The molecule has 0 aromatic heterocycles. The number of nitriles is 1. The summed E-state index contributed by atoms with van der Waals surface area (Å²) < 4.78 is 13.9. The van der Waals surface area contributed by atoms with E-state index in [4.69, 9.17) is 5.26 Å². The summed E-state index contributed by atoms with van der Waals surface area (Å²) in [5, 5.41) is 12.1. The van der Waals surface area contributed by atoms with Crippen LogP contribution in [0.1, 0.15) is 24.0 Å². The maximum absolute atomic E-state index is 13.9. The van der Waals surface area contributed by atoms with Crippen LogP contribution in [0.4, 0.5) is 4.39 Å². The summed E-state index contributed by atoms with van der Waals surface area (Å²) in [4.78, 5) is 14.0. The Morgan fingerprint density at radius 1 is 1.50 bits per heavy atom. The first-order valence-electron chi connectivity index (χ1n) is 6.90. The van der Waals surface area contributed by atoms with Crippen LogP contribution in [-0.4, -0.2) is 29.9 Å². The maximum Gasteiger partial charge on any atom is 0.227 e. The molecule has 3 rings (SSSR count).